The van der Waals surface area contributed by atoms with Gasteiger partial charge in [0.25, 0.3) is 0 Å². The van der Waals surface area contributed by atoms with Gasteiger partial charge in [0.1, 0.15) is 12.0 Å². The number of hydrogen-bond acceptors (Lipinski definition) is 5. The Morgan fingerprint density at radius 2 is 1.95 bits per heavy atom. The molecule has 5 heteroatoms. The van der Waals surface area contributed by atoms with Crippen LogP contribution in [0.15, 0.2) is 36.7 Å². The SMILES string of the molecule is CCOc1ncnc(NC(CC)c2ccccc2)c1N. The largest absolute Gasteiger partial charge is 0.476 e. The van der Waals surface area contributed by atoms with E-state index in [9.17, 15) is 0 Å². The predicted molar refractivity (Wildman–Crippen MR) is 80.7 cm³/mol. The minimum absolute atomic E-state index is 0.155. The number of nitrogens with two attached hydrogens (primary N) is 1. The number of rotatable bonds is 6. The van der Waals surface area contributed by atoms with Crippen LogP contribution in [0.1, 0.15) is 31.9 Å². The zero-order valence-electron chi connectivity index (χ0n) is 11.8. The van der Waals surface area contributed by atoms with Crippen LogP contribution < -0.4 is 15.8 Å². The minimum Gasteiger partial charge on any atom is -0.476 e. The Morgan fingerprint density at radius 3 is 2.60 bits per heavy atom. The maximum absolute atomic E-state index is 6.04. The molecule has 5 nitrogen and oxygen atoms in total. The van der Waals surface area contributed by atoms with E-state index in [0.717, 1.165) is 6.42 Å². The number of benzene rings is 1. The average molecular weight is 272 g/mol. The lowest BCUT2D eigenvalue weighted by Gasteiger charge is -2.19. The van der Waals surface area contributed by atoms with E-state index in [4.69, 9.17) is 10.5 Å². The number of hydrogen-bond donors (Lipinski definition) is 2. The number of nitrogens with one attached hydrogen (secondary N) is 1. The summed E-state index contributed by atoms with van der Waals surface area (Å²) in [5.41, 5.74) is 7.69. The summed E-state index contributed by atoms with van der Waals surface area (Å²) in [6.45, 7) is 4.54. The fourth-order valence-electron chi connectivity index (χ4n) is 2.02. The number of nitrogens with zero attached hydrogens (tertiary/aromatic N) is 2. The molecule has 0 spiro atoms. The van der Waals surface area contributed by atoms with Gasteiger partial charge < -0.3 is 15.8 Å². The summed E-state index contributed by atoms with van der Waals surface area (Å²) in [4.78, 5) is 8.24. The molecule has 0 saturated carbocycles. The van der Waals surface area contributed by atoms with E-state index in [1.165, 1.54) is 11.9 Å². The number of aromatic nitrogens is 2. The summed E-state index contributed by atoms with van der Waals surface area (Å²) in [6, 6.07) is 10.4. The third kappa shape index (κ3) is 3.17. The molecular formula is C15H20N4O. The van der Waals surface area contributed by atoms with Gasteiger partial charge in [0, 0.05) is 0 Å². The minimum atomic E-state index is 0.155. The van der Waals surface area contributed by atoms with Gasteiger partial charge in [0.05, 0.1) is 12.6 Å². The number of anilines is 2. The van der Waals surface area contributed by atoms with Crippen LogP contribution in [0.3, 0.4) is 0 Å². The summed E-state index contributed by atoms with van der Waals surface area (Å²) >= 11 is 0. The van der Waals surface area contributed by atoms with Gasteiger partial charge in [0.2, 0.25) is 5.88 Å². The highest BCUT2D eigenvalue weighted by atomic mass is 16.5. The molecule has 106 valence electrons. The summed E-state index contributed by atoms with van der Waals surface area (Å²) < 4.78 is 5.38. The van der Waals surface area contributed by atoms with Gasteiger partial charge in [-0.25, -0.2) is 4.98 Å². The van der Waals surface area contributed by atoms with Crippen molar-refractivity contribution in [1.29, 1.82) is 0 Å². The Balaban J connectivity index is 2.22. The second-order valence-electron chi connectivity index (χ2n) is 4.39. The van der Waals surface area contributed by atoms with Crippen LogP contribution in [0, 0.1) is 0 Å². The highest BCUT2D eigenvalue weighted by Crippen LogP contribution is 2.29. The van der Waals surface area contributed by atoms with Gasteiger partial charge in [-0.15, -0.1) is 0 Å². The molecule has 0 radical (unpaired) electrons. The Bertz CT molecular complexity index is 545. The molecule has 1 unspecified atom stereocenters. The smallest absolute Gasteiger partial charge is 0.242 e. The summed E-state index contributed by atoms with van der Waals surface area (Å²) in [6.07, 6.45) is 2.39. The van der Waals surface area contributed by atoms with Gasteiger partial charge in [-0.2, -0.15) is 4.98 Å². The molecule has 2 aromatic rings. The van der Waals surface area contributed by atoms with E-state index >= 15 is 0 Å². The molecule has 2 rings (SSSR count). The molecule has 0 amide bonds. The van der Waals surface area contributed by atoms with Crippen LogP contribution in [-0.4, -0.2) is 16.6 Å². The summed E-state index contributed by atoms with van der Waals surface area (Å²) in [5, 5.41) is 3.36. The first-order valence-electron chi connectivity index (χ1n) is 6.81. The Morgan fingerprint density at radius 1 is 1.20 bits per heavy atom. The van der Waals surface area contributed by atoms with Crippen molar-refractivity contribution >= 4 is 11.5 Å². The fourth-order valence-corrected chi connectivity index (χ4v) is 2.02. The monoisotopic (exact) mass is 272 g/mol. The molecule has 3 N–H and O–H groups in total. The second kappa shape index (κ2) is 6.75. The van der Waals surface area contributed by atoms with Crippen molar-refractivity contribution in [2.75, 3.05) is 17.7 Å². The van der Waals surface area contributed by atoms with E-state index in [0.29, 0.717) is 24.0 Å². The van der Waals surface area contributed by atoms with E-state index in [1.807, 2.05) is 25.1 Å². The molecule has 0 fully saturated rings. The van der Waals surface area contributed by atoms with Crippen LogP contribution in [0.4, 0.5) is 11.5 Å². The van der Waals surface area contributed by atoms with E-state index in [-0.39, 0.29) is 6.04 Å². The molecule has 0 aliphatic carbocycles. The zero-order valence-corrected chi connectivity index (χ0v) is 11.8. The maximum Gasteiger partial charge on any atom is 0.242 e. The standard InChI is InChI=1S/C15H20N4O/c1-3-12(11-8-6-5-7-9-11)19-14-13(16)15(20-4-2)18-10-17-14/h5-10,12H,3-4,16H2,1-2H3,(H,17,18,19). The lowest BCUT2D eigenvalue weighted by atomic mass is 10.0. The van der Waals surface area contributed by atoms with Crippen LogP contribution >= 0.6 is 0 Å². The molecular weight excluding hydrogens is 252 g/mol. The molecule has 0 bridgehead atoms. The first-order chi connectivity index (χ1) is 9.76. The van der Waals surface area contributed by atoms with Crippen molar-refractivity contribution < 1.29 is 4.74 Å². The van der Waals surface area contributed by atoms with Crippen molar-refractivity contribution in [2.45, 2.75) is 26.3 Å². The Hall–Kier alpha value is -2.30. The van der Waals surface area contributed by atoms with E-state index in [2.05, 4.69) is 34.3 Å². The third-order valence-electron chi connectivity index (χ3n) is 3.05. The normalized spacial score (nSPS) is 11.9. The molecule has 1 aromatic heterocycles. The average Bonchev–Trinajstić information content (AvgIpc) is 2.49. The van der Waals surface area contributed by atoms with Crippen molar-refractivity contribution in [3.8, 4) is 5.88 Å². The molecule has 1 heterocycles. The highest BCUT2D eigenvalue weighted by molar-refractivity contribution is 5.66. The van der Waals surface area contributed by atoms with Gasteiger partial charge in [-0.1, -0.05) is 37.3 Å². The van der Waals surface area contributed by atoms with Crippen LogP contribution in [0.25, 0.3) is 0 Å². The predicted octanol–water partition coefficient (Wildman–Crippen LogP) is 3.02. The van der Waals surface area contributed by atoms with Crippen LogP contribution in [0.5, 0.6) is 5.88 Å². The van der Waals surface area contributed by atoms with Crippen molar-refractivity contribution in [3.05, 3.63) is 42.2 Å². The maximum atomic E-state index is 6.04. The first-order valence-corrected chi connectivity index (χ1v) is 6.81. The molecule has 0 saturated heterocycles. The zero-order chi connectivity index (χ0) is 14.4. The van der Waals surface area contributed by atoms with Crippen LogP contribution in [0.2, 0.25) is 0 Å². The fraction of sp³-hybridized carbons (Fsp3) is 0.333. The van der Waals surface area contributed by atoms with E-state index < -0.39 is 0 Å². The highest BCUT2D eigenvalue weighted by Gasteiger charge is 2.14. The van der Waals surface area contributed by atoms with E-state index in [1.54, 1.807) is 0 Å². The van der Waals surface area contributed by atoms with Gasteiger partial charge >= 0.3 is 0 Å². The first kappa shape index (κ1) is 14.1. The molecule has 20 heavy (non-hydrogen) atoms. The van der Waals surface area contributed by atoms with Gasteiger partial charge in [-0.3, -0.25) is 0 Å². The molecule has 0 aliphatic heterocycles. The third-order valence-corrected chi connectivity index (χ3v) is 3.05. The second-order valence-corrected chi connectivity index (χ2v) is 4.39. The Labute approximate surface area is 119 Å². The summed E-state index contributed by atoms with van der Waals surface area (Å²) in [5.74, 6) is 1.03. The number of nitrogen functional groups attached to an aromatic ring is 1. The molecule has 1 atom stereocenters. The molecule has 1 aromatic carbocycles. The summed E-state index contributed by atoms with van der Waals surface area (Å²) in [7, 11) is 0. The molecule has 0 aliphatic rings. The lowest BCUT2D eigenvalue weighted by molar-refractivity contribution is 0.328. The topological polar surface area (TPSA) is 73.1 Å². The lowest BCUT2D eigenvalue weighted by Crippen LogP contribution is -2.13. The van der Waals surface area contributed by atoms with Gasteiger partial charge in [-0.05, 0) is 18.9 Å². The van der Waals surface area contributed by atoms with Crippen molar-refractivity contribution in [2.24, 2.45) is 0 Å². The van der Waals surface area contributed by atoms with Crippen molar-refractivity contribution in [1.82, 2.24) is 9.97 Å². The number of ether oxygens (including phenoxy) is 1. The van der Waals surface area contributed by atoms with Gasteiger partial charge in [0.15, 0.2) is 5.82 Å². The Kier molecular flexibility index (Phi) is 4.76. The van der Waals surface area contributed by atoms with Crippen molar-refractivity contribution in [3.63, 3.8) is 0 Å². The quantitative estimate of drug-likeness (QED) is 0.845. The van der Waals surface area contributed by atoms with Crippen LogP contribution in [-0.2, 0) is 0 Å².